The highest BCUT2D eigenvalue weighted by Crippen LogP contribution is 2.24. The van der Waals surface area contributed by atoms with Gasteiger partial charge in [-0.2, -0.15) is 0 Å². The number of hydrogen-bond donors (Lipinski definition) is 0. The van der Waals surface area contributed by atoms with Gasteiger partial charge in [0.2, 0.25) is 0 Å². The number of benzene rings is 1. The van der Waals surface area contributed by atoms with Gasteiger partial charge < -0.3 is 0 Å². The van der Waals surface area contributed by atoms with Crippen LogP contribution in [0.15, 0.2) is 22.7 Å². The largest absolute Gasteiger partial charge is 0.300 e. The molecule has 2 rings (SSSR count). The lowest BCUT2D eigenvalue weighted by Crippen LogP contribution is -2.33. The monoisotopic (exact) mass is 312 g/mol. The lowest BCUT2D eigenvalue weighted by Gasteiger charge is -2.26. The van der Waals surface area contributed by atoms with E-state index in [1.54, 1.807) is 6.07 Å². The number of ketones is 1. The van der Waals surface area contributed by atoms with Crippen LogP contribution >= 0.6 is 15.9 Å². The third-order valence-electron chi connectivity index (χ3n) is 3.06. The number of nitrogens with zero attached hydrogens (tertiary/aromatic N) is 2. The van der Waals surface area contributed by atoms with Crippen molar-refractivity contribution in [1.29, 1.82) is 0 Å². The molecule has 1 aliphatic rings. The van der Waals surface area contributed by atoms with Crippen molar-refractivity contribution in [3.8, 4) is 0 Å². The first kappa shape index (κ1) is 13.2. The first-order valence-corrected chi connectivity index (χ1v) is 6.52. The number of non-ortho nitro benzene ring substituents is 1. The molecule has 0 atom stereocenters. The van der Waals surface area contributed by atoms with Gasteiger partial charge in [0.05, 0.1) is 4.92 Å². The second-order valence-corrected chi connectivity index (χ2v) is 5.20. The summed E-state index contributed by atoms with van der Waals surface area (Å²) in [5.41, 5.74) is 1.09. The molecule has 6 heteroatoms. The number of carbonyl (C=O) groups is 1. The molecule has 1 heterocycles. The minimum atomic E-state index is -0.409. The SMILES string of the molecule is O=C1CCN(Cc2ccc([N+](=O)[O-])cc2Br)CC1. The maximum absolute atomic E-state index is 11.1. The van der Waals surface area contributed by atoms with Gasteiger partial charge in [-0.3, -0.25) is 19.8 Å². The quantitative estimate of drug-likeness (QED) is 0.635. The highest BCUT2D eigenvalue weighted by Gasteiger charge is 2.17. The maximum Gasteiger partial charge on any atom is 0.270 e. The molecular weight excluding hydrogens is 300 g/mol. The van der Waals surface area contributed by atoms with Crippen molar-refractivity contribution in [2.75, 3.05) is 13.1 Å². The summed E-state index contributed by atoms with van der Waals surface area (Å²) in [6.45, 7) is 2.25. The van der Waals surface area contributed by atoms with Crippen LogP contribution in [0, 0.1) is 10.1 Å². The van der Waals surface area contributed by atoms with Crippen molar-refractivity contribution in [1.82, 2.24) is 4.90 Å². The van der Waals surface area contributed by atoms with Crippen LogP contribution in [0.5, 0.6) is 0 Å². The average Bonchev–Trinajstić information content (AvgIpc) is 2.34. The minimum Gasteiger partial charge on any atom is -0.300 e. The van der Waals surface area contributed by atoms with Crippen LogP contribution < -0.4 is 0 Å². The Kier molecular flexibility index (Phi) is 4.08. The summed E-state index contributed by atoms with van der Waals surface area (Å²) in [4.78, 5) is 23.5. The van der Waals surface area contributed by atoms with Crippen molar-refractivity contribution >= 4 is 27.4 Å². The number of rotatable bonds is 3. The number of likely N-dealkylation sites (tertiary alicyclic amines) is 1. The normalized spacial score (nSPS) is 16.8. The zero-order valence-corrected chi connectivity index (χ0v) is 11.4. The molecule has 0 unspecified atom stereocenters. The molecule has 1 aromatic carbocycles. The van der Waals surface area contributed by atoms with Crippen LogP contribution in [0.4, 0.5) is 5.69 Å². The van der Waals surface area contributed by atoms with Crippen LogP contribution in [-0.2, 0) is 11.3 Å². The van der Waals surface area contributed by atoms with Gasteiger partial charge >= 0.3 is 0 Å². The Morgan fingerprint density at radius 2 is 2.00 bits per heavy atom. The highest BCUT2D eigenvalue weighted by atomic mass is 79.9. The molecule has 18 heavy (non-hydrogen) atoms. The van der Waals surface area contributed by atoms with E-state index in [2.05, 4.69) is 20.8 Å². The fourth-order valence-corrected chi connectivity index (χ4v) is 2.47. The molecule has 1 aromatic rings. The van der Waals surface area contributed by atoms with E-state index < -0.39 is 4.92 Å². The predicted octanol–water partition coefficient (Wildman–Crippen LogP) is 2.52. The summed E-state index contributed by atoms with van der Waals surface area (Å²) in [5.74, 6) is 0.314. The molecule has 0 N–H and O–H groups in total. The molecule has 96 valence electrons. The number of halogens is 1. The lowest BCUT2D eigenvalue weighted by molar-refractivity contribution is -0.384. The molecule has 0 amide bonds. The van der Waals surface area contributed by atoms with Crippen LogP contribution in [-0.4, -0.2) is 28.7 Å². The maximum atomic E-state index is 11.1. The van der Waals surface area contributed by atoms with Crippen molar-refractivity contribution in [2.45, 2.75) is 19.4 Å². The number of nitro groups is 1. The third kappa shape index (κ3) is 3.14. The van der Waals surface area contributed by atoms with E-state index in [-0.39, 0.29) is 5.69 Å². The Bertz CT molecular complexity index is 480. The molecule has 0 bridgehead atoms. The van der Waals surface area contributed by atoms with Gasteiger partial charge in [-0.1, -0.05) is 15.9 Å². The summed E-state index contributed by atoms with van der Waals surface area (Å²) < 4.78 is 0.744. The summed E-state index contributed by atoms with van der Waals surface area (Å²) in [7, 11) is 0. The Balaban J connectivity index is 2.05. The van der Waals surface area contributed by atoms with E-state index in [9.17, 15) is 14.9 Å². The fraction of sp³-hybridized carbons (Fsp3) is 0.417. The van der Waals surface area contributed by atoms with Gasteiger partial charge in [-0.05, 0) is 11.6 Å². The van der Waals surface area contributed by atoms with E-state index in [1.165, 1.54) is 12.1 Å². The predicted molar refractivity (Wildman–Crippen MR) is 70.3 cm³/mol. The zero-order chi connectivity index (χ0) is 13.1. The van der Waals surface area contributed by atoms with E-state index in [0.29, 0.717) is 25.2 Å². The van der Waals surface area contributed by atoms with Crippen molar-refractivity contribution in [3.05, 3.63) is 38.3 Å². The number of carbonyl (C=O) groups excluding carboxylic acids is 1. The topological polar surface area (TPSA) is 63.5 Å². The van der Waals surface area contributed by atoms with Crippen LogP contribution in [0.25, 0.3) is 0 Å². The Hall–Kier alpha value is -1.27. The molecule has 0 spiro atoms. The highest BCUT2D eigenvalue weighted by molar-refractivity contribution is 9.10. The van der Waals surface area contributed by atoms with Crippen LogP contribution in [0.1, 0.15) is 18.4 Å². The Morgan fingerprint density at radius 1 is 1.33 bits per heavy atom. The second kappa shape index (κ2) is 5.58. The van der Waals surface area contributed by atoms with Gasteiger partial charge in [-0.15, -0.1) is 0 Å². The van der Waals surface area contributed by atoms with E-state index in [0.717, 1.165) is 23.1 Å². The minimum absolute atomic E-state index is 0.0828. The summed E-state index contributed by atoms with van der Waals surface area (Å²) in [6.07, 6.45) is 1.20. The van der Waals surface area contributed by atoms with E-state index in [4.69, 9.17) is 0 Å². The summed E-state index contributed by atoms with van der Waals surface area (Å²) in [5, 5.41) is 10.6. The smallest absolute Gasteiger partial charge is 0.270 e. The average molecular weight is 313 g/mol. The molecule has 0 radical (unpaired) electrons. The van der Waals surface area contributed by atoms with Crippen molar-refractivity contribution in [2.24, 2.45) is 0 Å². The lowest BCUT2D eigenvalue weighted by atomic mass is 10.1. The van der Waals surface area contributed by atoms with E-state index >= 15 is 0 Å². The van der Waals surface area contributed by atoms with Gasteiger partial charge in [0.1, 0.15) is 5.78 Å². The van der Waals surface area contributed by atoms with Crippen molar-refractivity contribution < 1.29 is 9.72 Å². The molecule has 0 saturated carbocycles. The second-order valence-electron chi connectivity index (χ2n) is 4.35. The third-order valence-corrected chi connectivity index (χ3v) is 3.79. The zero-order valence-electron chi connectivity index (χ0n) is 9.76. The standard InChI is InChI=1S/C12H13BrN2O3/c13-12-7-10(15(17)18)2-1-9(12)8-14-5-3-11(16)4-6-14/h1-2,7H,3-6,8H2. The summed E-state index contributed by atoms with van der Waals surface area (Å²) in [6, 6.07) is 4.79. The Labute approximate surface area is 113 Å². The molecule has 1 saturated heterocycles. The molecular formula is C12H13BrN2O3. The van der Waals surface area contributed by atoms with Gasteiger partial charge in [-0.25, -0.2) is 0 Å². The number of Topliss-reactive ketones (excluding diaryl/α,β-unsaturated/α-hetero) is 1. The number of nitro benzene ring substituents is 1. The molecule has 5 nitrogen and oxygen atoms in total. The fourth-order valence-electron chi connectivity index (χ4n) is 1.98. The van der Waals surface area contributed by atoms with E-state index in [1.807, 2.05) is 0 Å². The molecule has 1 fully saturated rings. The first-order chi connectivity index (χ1) is 8.56. The van der Waals surface area contributed by atoms with Gasteiger partial charge in [0.15, 0.2) is 0 Å². The van der Waals surface area contributed by atoms with Gasteiger partial charge in [0.25, 0.3) is 5.69 Å². The van der Waals surface area contributed by atoms with Gasteiger partial charge in [0, 0.05) is 49.1 Å². The van der Waals surface area contributed by atoms with Crippen LogP contribution in [0.3, 0.4) is 0 Å². The number of hydrogen-bond acceptors (Lipinski definition) is 4. The van der Waals surface area contributed by atoms with Crippen molar-refractivity contribution in [3.63, 3.8) is 0 Å². The number of piperidine rings is 1. The van der Waals surface area contributed by atoms with Crippen LogP contribution in [0.2, 0.25) is 0 Å². The molecule has 0 aliphatic carbocycles. The first-order valence-electron chi connectivity index (χ1n) is 5.73. The Morgan fingerprint density at radius 3 is 2.56 bits per heavy atom. The summed E-state index contributed by atoms with van der Waals surface area (Å²) >= 11 is 3.36. The molecule has 0 aromatic heterocycles. The molecule has 1 aliphatic heterocycles.